The van der Waals surface area contributed by atoms with Crippen molar-refractivity contribution < 1.29 is 0 Å². The molecular formula is C44H30N2S. The highest BCUT2D eigenvalue weighted by Crippen LogP contribution is 2.45. The molecule has 222 valence electrons. The second-order valence-corrected chi connectivity index (χ2v) is 12.9. The van der Waals surface area contributed by atoms with Crippen LogP contribution in [0.5, 0.6) is 0 Å². The van der Waals surface area contributed by atoms with E-state index < -0.39 is 0 Å². The Morgan fingerprint density at radius 1 is 0.319 bits per heavy atom. The van der Waals surface area contributed by atoms with Crippen LogP contribution in [-0.4, -0.2) is 0 Å². The molecule has 9 aromatic rings. The van der Waals surface area contributed by atoms with Crippen LogP contribution in [0.15, 0.2) is 182 Å². The molecule has 0 aliphatic heterocycles. The Balaban J connectivity index is 1.24. The van der Waals surface area contributed by atoms with Gasteiger partial charge >= 0.3 is 0 Å². The third kappa shape index (κ3) is 4.80. The van der Waals surface area contributed by atoms with Crippen molar-refractivity contribution in [3.63, 3.8) is 0 Å². The van der Waals surface area contributed by atoms with E-state index >= 15 is 0 Å². The zero-order valence-corrected chi connectivity index (χ0v) is 26.4. The summed E-state index contributed by atoms with van der Waals surface area (Å²) in [4.78, 5) is 4.70. The second kappa shape index (κ2) is 11.5. The molecule has 0 unspecified atom stereocenters. The molecule has 9 rings (SSSR count). The Kier molecular flexibility index (Phi) is 6.69. The van der Waals surface area contributed by atoms with Gasteiger partial charge in [-0.25, -0.2) is 0 Å². The number of fused-ring (bicyclic) bond motifs is 6. The van der Waals surface area contributed by atoms with Crippen LogP contribution in [0.2, 0.25) is 0 Å². The second-order valence-electron chi connectivity index (χ2n) is 11.8. The van der Waals surface area contributed by atoms with Gasteiger partial charge in [-0.3, -0.25) is 0 Å². The van der Waals surface area contributed by atoms with Crippen molar-refractivity contribution in [1.29, 1.82) is 0 Å². The molecule has 0 radical (unpaired) electrons. The van der Waals surface area contributed by atoms with Crippen molar-refractivity contribution in [2.75, 3.05) is 9.80 Å². The van der Waals surface area contributed by atoms with Crippen LogP contribution in [-0.2, 0) is 0 Å². The predicted molar refractivity (Wildman–Crippen MR) is 204 cm³/mol. The summed E-state index contributed by atoms with van der Waals surface area (Å²) in [6.07, 6.45) is 0. The monoisotopic (exact) mass is 618 g/mol. The van der Waals surface area contributed by atoms with E-state index in [-0.39, 0.29) is 0 Å². The van der Waals surface area contributed by atoms with E-state index in [0.29, 0.717) is 0 Å². The average molecular weight is 619 g/mol. The summed E-state index contributed by atoms with van der Waals surface area (Å²) in [7, 11) is 0. The SMILES string of the molecule is c1ccc(N(c2ccccc2)c2ccc(N(c3ccccc3)c3cccc4ccc5cc6c(cc5c34)sc3ccccc36)cc2)cc1. The van der Waals surface area contributed by atoms with Gasteiger partial charge < -0.3 is 9.80 Å². The normalized spacial score (nSPS) is 11.4. The number of hydrogen-bond acceptors (Lipinski definition) is 3. The first-order chi connectivity index (χ1) is 23.3. The molecule has 0 aliphatic rings. The van der Waals surface area contributed by atoms with Gasteiger partial charge in [0, 0.05) is 54.0 Å². The van der Waals surface area contributed by atoms with Gasteiger partial charge in [0.05, 0.1) is 5.69 Å². The fraction of sp³-hybridized carbons (Fsp3) is 0. The molecule has 0 amide bonds. The third-order valence-corrected chi connectivity index (χ3v) is 10.1. The average Bonchev–Trinajstić information content (AvgIpc) is 3.50. The number of anilines is 6. The molecule has 47 heavy (non-hydrogen) atoms. The van der Waals surface area contributed by atoms with Crippen LogP contribution >= 0.6 is 11.3 Å². The first-order valence-corrected chi connectivity index (χ1v) is 16.8. The quantitative estimate of drug-likeness (QED) is 0.171. The highest BCUT2D eigenvalue weighted by atomic mass is 32.1. The number of rotatable bonds is 6. The zero-order valence-electron chi connectivity index (χ0n) is 25.6. The van der Waals surface area contributed by atoms with Gasteiger partial charge in [0.1, 0.15) is 0 Å². The van der Waals surface area contributed by atoms with E-state index in [2.05, 4.69) is 192 Å². The first kappa shape index (κ1) is 27.4. The van der Waals surface area contributed by atoms with Gasteiger partial charge in [-0.2, -0.15) is 0 Å². The molecule has 0 saturated carbocycles. The highest BCUT2D eigenvalue weighted by molar-refractivity contribution is 7.25. The minimum absolute atomic E-state index is 1.11. The Morgan fingerprint density at radius 2 is 0.851 bits per heavy atom. The van der Waals surface area contributed by atoms with Crippen molar-refractivity contribution in [1.82, 2.24) is 0 Å². The molecule has 1 heterocycles. The molecule has 3 heteroatoms. The van der Waals surface area contributed by atoms with Gasteiger partial charge in [-0.15, -0.1) is 11.3 Å². The number of para-hydroxylation sites is 3. The molecule has 0 saturated heterocycles. The van der Waals surface area contributed by atoms with Crippen molar-refractivity contribution >= 4 is 87.2 Å². The van der Waals surface area contributed by atoms with Gasteiger partial charge in [-0.1, -0.05) is 97.1 Å². The molecule has 8 aromatic carbocycles. The number of nitrogens with zero attached hydrogens (tertiary/aromatic N) is 2. The topological polar surface area (TPSA) is 6.48 Å². The summed E-state index contributed by atoms with van der Waals surface area (Å²) in [6.45, 7) is 0. The van der Waals surface area contributed by atoms with Crippen LogP contribution in [0.25, 0.3) is 41.7 Å². The lowest BCUT2D eigenvalue weighted by molar-refractivity contribution is 1.26. The molecular weight excluding hydrogens is 589 g/mol. The van der Waals surface area contributed by atoms with E-state index in [1.54, 1.807) is 0 Å². The van der Waals surface area contributed by atoms with E-state index in [1.807, 2.05) is 11.3 Å². The van der Waals surface area contributed by atoms with Crippen molar-refractivity contribution in [3.8, 4) is 0 Å². The number of thiophene rings is 1. The van der Waals surface area contributed by atoms with E-state index in [9.17, 15) is 0 Å². The molecule has 0 fully saturated rings. The van der Waals surface area contributed by atoms with Gasteiger partial charge in [0.25, 0.3) is 0 Å². The van der Waals surface area contributed by atoms with Crippen molar-refractivity contribution in [2.45, 2.75) is 0 Å². The fourth-order valence-electron chi connectivity index (χ4n) is 6.85. The largest absolute Gasteiger partial charge is 0.311 e. The molecule has 0 aliphatic carbocycles. The van der Waals surface area contributed by atoms with Crippen LogP contribution in [0.4, 0.5) is 34.1 Å². The van der Waals surface area contributed by atoms with Crippen molar-refractivity contribution in [2.24, 2.45) is 0 Å². The van der Waals surface area contributed by atoms with Crippen LogP contribution in [0.1, 0.15) is 0 Å². The van der Waals surface area contributed by atoms with Gasteiger partial charge in [0.15, 0.2) is 0 Å². The lowest BCUT2D eigenvalue weighted by Gasteiger charge is -2.29. The summed E-state index contributed by atoms with van der Waals surface area (Å²) in [5.41, 5.74) is 6.74. The Bertz CT molecular complexity index is 2460. The smallest absolute Gasteiger partial charge is 0.0546 e. The van der Waals surface area contributed by atoms with Gasteiger partial charge in [0.2, 0.25) is 0 Å². The molecule has 0 N–H and O–H groups in total. The van der Waals surface area contributed by atoms with Crippen LogP contribution in [0, 0.1) is 0 Å². The Morgan fingerprint density at radius 3 is 1.51 bits per heavy atom. The predicted octanol–water partition coefficient (Wildman–Crippen LogP) is 13.3. The summed E-state index contributed by atoms with van der Waals surface area (Å²) in [6, 6.07) is 65.5. The maximum Gasteiger partial charge on any atom is 0.0546 e. The van der Waals surface area contributed by atoms with E-state index in [0.717, 1.165) is 34.1 Å². The lowest BCUT2D eigenvalue weighted by atomic mass is 9.97. The van der Waals surface area contributed by atoms with Gasteiger partial charge in [-0.05, 0) is 101 Å². The lowest BCUT2D eigenvalue weighted by Crippen LogP contribution is -2.12. The highest BCUT2D eigenvalue weighted by Gasteiger charge is 2.19. The Hall–Kier alpha value is -5.90. The minimum atomic E-state index is 1.11. The van der Waals surface area contributed by atoms with E-state index in [4.69, 9.17) is 0 Å². The maximum atomic E-state index is 2.41. The molecule has 0 atom stereocenters. The Labute approximate surface area is 278 Å². The van der Waals surface area contributed by atoms with Crippen LogP contribution in [0.3, 0.4) is 0 Å². The number of benzene rings is 8. The minimum Gasteiger partial charge on any atom is -0.311 e. The standard InChI is InChI=1S/C44H30N2S/c1-4-14-33(15-5-1)45(34-16-6-2-7-17-34)36-25-27-37(28-26-36)46(35-18-8-3-9-19-35)41-21-12-13-31-23-24-32-29-40-38-20-10-11-22-42(38)47-43(40)30-39(32)44(31)41/h1-30H. The zero-order chi connectivity index (χ0) is 31.2. The van der Waals surface area contributed by atoms with E-state index in [1.165, 1.54) is 41.7 Å². The molecule has 0 bridgehead atoms. The van der Waals surface area contributed by atoms with Crippen molar-refractivity contribution in [3.05, 3.63) is 182 Å². The summed E-state index contributed by atoms with van der Waals surface area (Å²) in [5.74, 6) is 0. The summed E-state index contributed by atoms with van der Waals surface area (Å²) in [5, 5.41) is 7.67. The summed E-state index contributed by atoms with van der Waals surface area (Å²) < 4.78 is 2.65. The third-order valence-electron chi connectivity index (χ3n) is 8.99. The molecule has 1 aromatic heterocycles. The van der Waals surface area contributed by atoms with Crippen LogP contribution < -0.4 is 9.80 Å². The molecule has 0 spiro atoms. The first-order valence-electron chi connectivity index (χ1n) is 15.9. The molecule has 2 nitrogen and oxygen atoms in total. The summed E-state index contributed by atoms with van der Waals surface area (Å²) >= 11 is 1.87. The fourth-order valence-corrected chi connectivity index (χ4v) is 7.98. The number of hydrogen-bond donors (Lipinski definition) is 0. The maximum absolute atomic E-state index is 2.41.